The second kappa shape index (κ2) is 9.05. The van der Waals surface area contributed by atoms with Crippen LogP contribution < -0.4 is 10.6 Å². The van der Waals surface area contributed by atoms with E-state index < -0.39 is 30.3 Å². The van der Waals surface area contributed by atoms with Gasteiger partial charge in [0.2, 0.25) is 0 Å². The standard InChI is InChI=1S/C19H16FN3O4S/c20-12-5-1-2-6-13(12)22-19(26)23-16(24)11-27-18(25)10-9-17-21-14-7-3-4-8-15(14)28-17/h1-8H,9-11H2,(H2,22,23,24,26). The molecular formula is C19H16FN3O4S. The Morgan fingerprint density at radius 3 is 2.61 bits per heavy atom. The fourth-order valence-corrected chi connectivity index (χ4v) is 3.30. The molecule has 3 amide bonds. The van der Waals surface area contributed by atoms with Crippen molar-refractivity contribution in [3.8, 4) is 0 Å². The summed E-state index contributed by atoms with van der Waals surface area (Å²) < 4.78 is 19.3. The minimum Gasteiger partial charge on any atom is -0.456 e. The molecule has 144 valence electrons. The van der Waals surface area contributed by atoms with Gasteiger partial charge in [0, 0.05) is 6.42 Å². The Bertz CT molecular complexity index is 988. The van der Waals surface area contributed by atoms with Gasteiger partial charge in [0.05, 0.1) is 27.3 Å². The molecule has 0 radical (unpaired) electrons. The molecule has 1 heterocycles. The zero-order valence-corrected chi connectivity index (χ0v) is 15.4. The summed E-state index contributed by atoms with van der Waals surface area (Å²) in [5, 5.41) is 4.95. The number of benzene rings is 2. The number of halogens is 1. The van der Waals surface area contributed by atoms with Gasteiger partial charge in [-0.1, -0.05) is 24.3 Å². The molecule has 0 fully saturated rings. The lowest BCUT2D eigenvalue weighted by atomic mass is 10.3. The van der Waals surface area contributed by atoms with E-state index in [1.807, 2.05) is 29.6 Å². The summed E-state index contributed by atoms with van der Waals surface area (Å²) in [4.78, 5) is 39.5. The normalized spacial score (nSPS) is 10.5. The van der Waals surface area contributed by atoms with Crippen molar-refractivity contribution in [3.05, 3.63) is 59.4 Å². The third-order valence-corrected chi connectivity index (χ3v) is 4.72. The Kier molecular flexibility index (Phi) is 6.28. The molecule has 0 aliphatic heterocycles. The quantitative estimate of drug-likeness (QED) is 0.618. The molecular weight excluding hydrogens is 385 g/mol. The second-order valence-corrected chi connectivity index (χ2v) is 6.83. The monoisotopic (exact) mass is 401 g/mol. The van der Waals surface area contributed by atoms with Crippen LogP contribution in [0.2, 0.25) is 0 Å². The number of amides is 3. The van der Waals surface area contributed by atoms with E-state index >= 15 is 0 Å². The van der Waals surface area contributed by atoms with E-state index in [1.54, 1.807) is 0 Å². The minimum atomic E-state index is -0.916. The minimum absolute atomic E-state index is 0.0640. The summed E-state index contributed by atoms with van der Waals surface area (Å²) in [5.74, 6) is -2.03. The summed E-state index contributed by atoms with van der Waals surface area (Å²) in [7, 11) is 0. The third-order valence-electron chi connectivity index (χ3n) is 3.62. The first-order valence-corrected chi connectivity index (χ1v) is 9.18. The number of aryl methyl sites for hydroxylation is 1. The summed E-state index contributed by atoms with van der Waals surface area (Å²) in [5.41, 5.74) is 0.803. The molecule has 2 aromatic carbocycles. The number of ether oxygens (including phenoxy) is 1. The Morgan fingerprint density at radius 1 is 1.07 bits per heavy atom. The summed E-state index contributed by atoms with van der Waals surface area (Å²) in [6, 6.07) is 12.3. The van der Waals surface area contributed by atoms with Gasteiger partial charge in [-0.3, -0.25) is 14.9 Å². The van der Waals surface area contributed by atoms with Gasteiger partial charge in [0.15, 0.2) is 6.61 Å². The maximum Gasteiger partial charge on any atom is 0.326 e. The fourth-order valence-electron chi connectivity index (χ4n) is 2.33. The largest absolute Gasteiger partial charge is 0.456 e. The highest BCUT2D eigenvalue weighted by Crippen LogP contribution is 2.22. The van der Waals surface area contributed by atoms with Gasteiger partial charge in [-0.15, -0.1) is 11.3 Å². The van der Waals surface area contributed by atoms with Crippen LogP contribution in [0.3, 0.4) is 0 Å². The molecule has 3 aromatic rings. The first kappa shape index (κ1) is 19.4. The van der Waals surface area contributed by atoms with Crippen molar-refractivity contribution in [1.82, 2.24) is 10.3 Å². The van der Waals surface area contributed by atoms with Crippen molar-refractivity contribution >= 4 is 45.1 Å². The van der Waals surface area contributed by atoms with Crippen LogP contribution in [0.25, 0.3) is 10.2 Å². The Labute approximate surface area is 163 Å². The van der Waals surface area contributed by atoms with Crippen molar-refractivity contribution in [1.29, 1.82) is 0 Å². The first-order chi connectivity index (χ1) is 13.5. The van der Waals surface area contributed by atoms with E-state index in [0.29, 0.717) is 6.42 Å². The average Bonchev–Trinajstić information content (AvgIpc) is 3.09. The van der Waals surface area contributed by atoms with Gasteiger partial charge in [-0.25, -0.2) is 14.2 Å². The summed E-state index contributed by atoms with van der Waals surface area (Å²) in [6.45, 7) is -0.608. The highest BCUT2D eigenvalue weighted by molar-refractivity contribution is 7.18. The van der Waals surface area contributed by atoms with E-state index in [1.165, 1.54) is 35.6 Å². The molecule has 1 aromatic heterocycles. The van der Waals surface area contributed by atoms with Crippen LogP contribution in [0.4, 0.5) is 14.9 Å². The molecule has 7 nitrogen and oxygen atoms in total. The van der Waals surface area contributed by atoms with Crippen LogP contribution in [0.15, 0.2) is 48.5 Å². The van der Waals surface area contributed by atoms with Gasteiger partial charge < -0.3 is 10.1 Å². The van der Waals surface area contributed by atoms with Gasteiger partial charge >= 0.3 is 12.0 Å². The number of carbonyl (C=O) groups excluding carboxylic acids is 3. The Morgan fingerprint density at radius 2 is 1.82 bits per heavy atom. The molecule has 0 aliphatic carbocycles. The molecule has 9 heteroatoms. The van der Waals surface area contributed by atoms with E-state index in [9.17, 15) is 18.8 Å². The molecule has 0 unspecified atom stereocenters. The smallest absolute Gasteiger partial charge is 0.326 e. The van der Waals surface area contributed by atoms with Crippen molar-refractivity contribution in [2.24, 2.45) is 0 Å². The molecule has 3 rings (SSSR count). The van der Waals surface area contributed by atoms with Gasteiger partial charge in [-0.05, 0) is 24.3 Å². The molecule has 0 bridgehead atoms. The van der Waals surface area contributed by atoms with Crippen molar-refractivity contribution in [2.45, 2.75) is 12.8 Å². The lowest BCUT2D eigenvalue weighted by Gasteiger charge is -2.08. The number of fused-ring (bicyclic) bond motifs is 1. The van der Waals surface area contributed by atoms with Crippen molar-refractivity contribution < 1.29 is 23.5 Å². The molecule has 0 saturated carbocycles. The SMILES string of the molecule is O=C(COC(=O)CCc1nc2ccccc2s1)NC(=O)Nc1ccccc1F. The number of imide groups is 1. The number of para-hydroxylation sites is 2. The van der Waals surface area contributed by atoms with Gasteiger partial charge in [0.25, 0.3) is 5.91 Å². The highest BCUT2D eigenvalue weighted by atomic mass is 32.1. The molecule has 0 spiro atoms. The van der Waals surface area contributed by atoms with E-state index in [2.05, 4.69) is 10.3 Å². The number of anilines is 1. The molecule has 2 N–H and O–H groups in total. The Balaban J connectivity index is 1.39. The Hall–Kier alpha value is -3.33. The summed E-state index contributed by atoms with van der Waals surface area (Å²) in [6.07, 6.45) is 0.460. The van der Waals surface area contributed by atoms with Gasteiger partial charge in [0.1, 0.15) is 5.82 Å². The predicted molar refractivity (Wildman–Crippen MR) is 102 cm³/mol. The van der Waals surface area contributed by atoms with Crippen LogP contribution in [-0.4, -0.2) is 29.5 Å². The number of hydrogen-bond donors (Lipinski definition) is 2. The van der Waals surface area contributed by atoms with Crippen LogP contribution >= 0.6 is 11.3 Å². The van der Waals surface area contributed by atoms with Gasteiger partial charge in [-0.2, -0.15) is 0 Å². The lowest BCUT2D eigenvalue weighted by molar-refractivity contribution is -0.148. The zero-order chi connectivity index (χ0) is 19.9. The number of rotatable bonds is 6. The number of aromatic nitrogens is 1. The lowest BCUT2D eigenvalue weighted by Crippen LogP contribution is -2.37. The van der Waals surface area contributed by atoms with Crippen LogP contribution in [0.5, 0.6) is 0 Å². The zero-order valence-electron chi connectivity index (χ0n) is 14.6. The number of carbonyl (C=O) groups is 3. The van der Waals surface area contributed by atoms with Crippen LogP contribution in [0, 0.1) is 5.82 Å². The highest BCUT2D eigenvalue weighted by Gasteiger charge is 2.13. The maximum atomic E-state index is 13.4. The maximum absolute atomic E-state index is 13.4. The third kappa shape index (κ3) is 5.34. The second-order valence-electron chi connectivity index (χ2n) is 5.72. The average molecular weight is 401 g/mol. The van der Waals surface area contributed by atoms with Crippen LogP contribution in [-0.2, 0) is 20.7 Å². The van der Waals surface area contributed by atoms with Crippen LogP contribution in [0.1, 0.15) is 11.4 Å². The predicted octanol–water partition coefficient (Wildman–Crippen LogP) is 3.26. The topological polar surface area (TPSA) is 97.4 Å². The number of esters is 1. The molecule has 0 saturated heterocycles. The number of nitrogens with one attached hydrogen (secondary N) is 2. The van der Waals surface area contributed by atoms with Crippen molar-refractivity contribution in [2.75, 3.05) is 11.9 Å². The van der Waals surface area contributed by atoms with E-state index in [0.717, 1.165) is 15.2 Å². The molecule has 0 atom stereocenters. The summed E-state index contributed by atoms with van der Waals surface area (Å²) >= 11 is 1.49. The van der Waals surface area contributed by atoms with E-state index in [4.69, 9.17) is 4.74 Å². The number of hydrogen-bond acceptors (Lipinski definition) is 6. The molecule has 28 heavy (non-hydrogen) atoms. The number of urea groups is 1. The van der Waals surface area contributed by atoms with Crippen molar-refractivity contribution in [3.63, 3.8) is 0 Å². The number of thiazole rings is 1. The fraction of sp³-hybridized carbons (Fsp3) is 0.158. The van der Waals surface area contributed by atoms with E-state index in [-0.39, 0.29) is 12.1 Å². The first-order valence-electron chi connectivity index (χ1n) is 8.36. The number of nitrogens with zero attached hydrogens (tertiary/aromatic N) is 1. The molecule has 0 aliphatic rings.